The van der Waals surface area contributed by atoms with E-state index < -0.39 is 4.92 Å². The van der Waals surface area contributed by atoms with Crippen LogP contribution in [0.1, 0.15) is 31.9 Å². The molecule has 0 spiro atoms. The van der Waals surface area contributed by atoms with E-state index in [4.69, 9.17) is 4.74 Å². The molecule has 2 rings (SSSR count). The highest BCUT2D eigenvalue weighted by Gasteiger charge is 2.16. The van der Waals surface area contributed by atoms with Gasteiger partial charge in [0.1, 0.15) is 5.75 Å². The molecule has 0 bridgehead atoms. The number of nitro benzene ring substituents is 1. The number of nitrogens with one attached hydrogen (secondary N) is 1. The molecule has 1 amide bonds. The van der Waals surface area contributed by atoms with Crippen LogP contribution in [0.5, 0.6) is 5.75 Å². The lowest BCUT2D eigenvalue weighted by atomic mass is 9.87. The van der Waals surface area contributed by atoms with Gasteiger partial charge in [-0.25, -0.2) is 0 Å². The van der Waals surface area contributed by atoms with Crippen molar-refractivity contribution in [3.8, 4) is 5.75 Å². The molecule has 0 aliphatic rings. The molecule has 2 aromatic rings. The summed E-state index contributed by atoms with van der Waals surface area (Å²) in [5.41, 5.74) is 2.22. The number of rotatable bonds is 5. The lowest BCUT2D eigenvalue weighted by molar-refractivity contribution is -0.384. The number of aryl methyl sites for hydroxylation is 1. The van der Waals surface area contributed by atoms with Crippen LogP contribution in [0, 0.1) is 17.0 Å². The molecule has 0 aromatic heterocycles. The summed E-state index contributed by atoms with van der Waals surface area (Å²) >= 11 is 3.46. The van der Waals surface area contributed by atoms with Gasteiger partial charge in [0, 0.05) is 12.1 Å². The van der Waals surface area contributed by atoms with Crippen molar-refractivity contribution in [3.63, 3.8) is 0 Å². The van der Waals surface area contributed by atoms with Crippen molar-refractivity contribution in [3.05, 3.63) is 62.1 Å². The van der Waals surface area contributed by atoms with Crippen molar-refractivity contribution in [2.75, 3.05) is 11.9 Å². The van der Waals surface area contributed by atoms with E-state index >= 15 is 0 Å². The highest BCUT2D eigenvalue weighted by Crippen LogP contribution is 2.31. The van der Waals surface area contributed by atoms with E-state index in [-0.39, 0.29) is 23.6 Å². The zero-order valence-electron chi connectivity index (χ0n) is 15.1. The number of non-ortho nitro benzene ring substituents is 1. The zero-order chi connectivity index (χ0) is 19.5. The molecule has 0 heterocycles. The van der Waals surface area contributed by atoms with Crippen LogP contribution in [0.15, 0.2) is 40.9 Å². The fourth-order valence-corrected chi connectivity index (χ4v) is 2.77. The molecule has 138 valence electrons. The molecule has 0 saturated heterocycles. The lowest BCUT2D eigenvalue weighted by Gasteiger charge is -2.20. The molecule has 0 radical (unpaired) electrons. The average molecular weight is 421 g/mol. The van der Waals surface area contributed by atoms with Gasteiger partial charge in [0.15, 0.2) is 6.61 Å². The van der Waals surface area contributed by atoms with Gasteiger partial charge in [0.2, 0.25) is 0 Å². The smallest absolute Gasteiger partial charge is 0.271 e. The Morgan fingerprint density at radius 2 is 1.92 bits per heavy atom. The Kier molecular flexibility index (Phi) is 6.02. The number of nitro groups is 1. The number of carbonyl (C=O) groups excluding carboxylic acids is 1. The monoisotopic (exact) mass is 420 g/mol. The number of hydrogen-bond donors (Lipinski definition) is 1. The van der Waals surface area contributed by atoms with Crippen molar-refractivity contribution < 1.29 is 14.5 Å². The van der Waals surface area contributed by atoms with Gasteiger partial charge in [-0.2, -0.15) is 0 Å². The Labute approximate surface area is 160 Å². The van der Waals surface area contributed by atoms with E-state index in [9.17, 15) is 14.9 Å². The normalized spacial score (nSPS) is 11.1. The number of amides is 1. The Hall–Kier alpha value is -2.41. The van der Waals surface area contributed by atoms with Crippen LogP contribution >= 0.6 is 15.9 Å². The molecule has 0 unspecified atom stereocenters. The molecule has 0 saturated carbocycles. The molecule has 6 nitrogen and oxygen atoms in total. The average Bonchev–Trinajstić information content (AvgIpc) is 2.54. The molecule has 0 fully saturated rings. The Balaban J connectivity index is 2.04. The number of ether oxygens (including phenoxy) is 1. The number of halogens is 1. The van der Waals surface area contributed by atoms with Crippen LogP contribution in [0.25, 0.3) is 0 Å². The van der Waals surface area contributed by atoms with Gasteiger partial charge in [-0.1, -0.05) is 32.9 Å². The van der Waals surface area contributed by atoms with Crippen LogP contribution in [-0.2, 0) is 10.2 Å². The molecule has 7 heteroatoms. The standard InChI is InChI=1S/C19H21BrN2O4/c1-12-5-7-14(22(24)25)10-16(12)21-18(23)11-26-17-8-6-13(9-15(17)20)19(2,3)4/h5-10H,11H2,1-4H3,(H,21,23). The summed E-state index contributed by atoms with van der Waals surface area (Å²) in [5, 5.41) is 13.5. The third kappa shape index (κ3) is 5.05. The molecule has 0 aliphatic heterocycles. The van der Waals surface area contributed by atoms with Crippen LogP contribution in [0.2, 0.25) is 0 Å². The van der Waals surface area contributed by atoms with Crippen molar-refractivity contribution >= 4 is 33.2 Å². The van der Waals surface area contributed by atoms with Crippen LogP contribution in [0.4, 0.5) is 11.4 Å². The summed E-state index contributed by atoms with van der Waals surface area (Å²) in [6, 6.07) is 10.1. The van der Waals surface area contributed by atoms with E-state index in [0.29, 0.717) is 11.4 Å². The van der Waals surface area contributed by atoms with Gasteiger partial charge in [0.05, 0.1) is 15.1 Å². The minimum absolute atomic E-state index is 0.0119. The maximum atomic E-state index is 12.1. The zero-order valence-corrected chi connectivity index (χ0v) is 16.7. The first kappa shape index (κ1) is 19.9. The van der Waals surface area contributed by atoms with E-state index in [1.807, 2.05) is 18.2 Å². The maximum Gasteiger partial charge on any atom is 0.271 e. The number of carbonyl (C=O) groups is 1. The van der Waals surface area contributed by atoms with Gasteiger partial charge < -0.3 is 10.1 Å². The highest BCUT2D eigenvalue weighted by atomic mass is 79.9. The summed E-state index contributed by atoms with van der Waals surface area (Å²) in [6.45, 7) is 7.91. The first-order chi connectivity index (χ1) is 12.1. The van der Waals surface area contributed by atoms with Crippen molar-refractivity contribution in [1.29, 1.82) is 0 Å². The summed E-state index contributed by atoms with van der Waals surface area (Å²) in [7, 11) is 0. The van der Waals surface area contributed by atoms with Gasteiger partial charge in [-0.3, -0.25) is 14.9 Å². The molecule has 0 aliphatic carbocycles. The fourth-order valence-electron chi connectivity index (χ4n) is 2.27. The summed E-state index contributed by atoms with van der Waals surface area (Å²) < 4.78 is 6.33. The highest BCUT2D eigenvalue weighted by molar-refractivity contribution is 9.10. The predicted octanol–water partition coefficient (Wildman–Crippen LogP) is 4.98. The molecular weight excluding hydrogens is 400 g/mol. The molecule has 26 heavy (non-hydrogen) atoms. The second-order valence-corrected chi connectivity index (χ2v) is 7.84. The summed E-state index contributed by atoms with van der Waals surface area (Å²) in [4.78, 5) is 22.5. The second kappa shape index (κ2) is 7.86. The SMILES string of the molecule is Cc1ccc([N+](=O)[O-])cc1NC(=O)COc1ccc(C(C)(C)C)cc1Br. The largest absolute Gasteiger partial charge is 0.483 e. The van der Waals surface area contributed by atoms with Crippen LogP contribution < -0.4 is 10.1 Å². The Morgan fingerprint density at radius 3 is 2.50 bits per heavy atom. The van der Waals surface area contributed by atoms with Crippen molar-refractivity contribution in [1.82, 2.24) is 0 Å². The summed E-state index contributed by atoms with van der Waals surface area (Å²) in [6.07, 6.45) is 0. The lowest BCUT2D eigenvalue weighted by Crippen LogP contribution is -2.21. The Bertz CT molecular complexity index is 844. The van der Waals surface area contributed by atoms with Crippen LogP contribution in [-0.4, -0.2) is 17.4 Å². The first-order valence-corrected chi connectivity index (χ1v) is 8.85. The number of anilines is 1. The van der Waals surface area contributed by atoms with Gasteiger partial charge in [-0.05, 0) is 51.5 Å². The molecule has 1 N–H and O–H groups in total. The quantitative estimate of drug-likeness (QED) is 0.545. The van der Waals surface area contributed by atoms with Gasteiger partial charge in [-0.15, -0.1) is 0 Å². The number of nitrogens with zero attached hydrogens (tertiary/aromatic N) is 1. The summed E-state index contributed by atoms with van der Waals surface area (Å²) in [5.74, 6) is 0.171. The first-order valence-electron chi connectivity index (χ1n) is 8.05. The van der Waals surface area contributed by atoms with E-state index in [1.54, 1.807) is 13.0 Å². The topological polar surface area (TPSA) is 81.5 Å². The van der Waals surface area contributed by atoms with E-state index in [1.165, 1.54) is 12.1 Å². The minimum Gasteiger partial charge on any atom is -0.483 e. The molecule has 0 atom stereocenters. The van der Waals surface area contributed by atoms with Gasteiger partial charge in [0.25, 0.3) is 11.6 Å². The fraction of sp³-hybridized carbons (Fsp3) is 0.316. The van der Waals surface area contributed by atoms with Gasteiger partial charge >= 0.3 is 0 Å². The number of benzene rings is 2. The molecule has 2 aromatic carbocycles. The van der Waals surface area contributed by atoms with Crippen LogP contribution in [0.3, 0.4) is 0 Å². The second-order valence-electron chi connectivity index (χ2n) is 6.99. The van der Waals surface area contributed by atoms with Crippen molar-refractivity contribution in [2.24, 2.45) is 0 Å². The van der Waals surface area contributed by atoms with E-state index in [2.05, 4.69) is 42.0 Å². The third-order valence-electron chi connectivity index (χ3n) is 3.86. The van der Waals surface area contributed by atoms with Crippen molar-refractivity contribution in [2.45, 2.75) is 33.1 Å². The third-order valence-corrected chi connectivity index (χ3v) is 4.48. The Morgan fingerprint density at radius 1 is 1.23 bits per heavy atom. The predicted molar refractivity (Wildman–Crippen MR) is 105 cm³/mol. The number of hydrogen-bond acceptors (Lipinski definition) is 4. The minimum atomic E-state index is -0.501. The van der Waals surface area contributed by atoms with E-state index in [0.717, 1.165) is 15.6 Å². The maximum absolute atomic E-state index is 12.1. The molecular formula is C19H21BrN2O4.